The zero-order valence-corrected chi connectivity index (χ0v) is 11.4. The van der Waals surface area contributed by atoms with Crippen molar-refractivity contribution >= 4 is 5.91 Å². The predicted molar refractivity (Wildman–Crippen MR) is 71.2 cm³/mol. The fraction of sp³-hybridized carbons (Fsp3) is 0.429. The van der Waals surface area contributed by atoms with Crippen LogP contribution in [0.5, 0.6) is 0 Å². The quantitative estimate of drug-likeness (QED) is 0.852. The molecule has 1 aliphatic rings. The lowest BCUT2D eigenvalue weighted by Gasteiger charge is -2.33. The molecule has 1 amide bonds. The zero-order chi connectivity index (χ0) is 13.9. The third-order valence-corrected chi connectivity index (χ3v) is 3.59. The van der Waals surface area contributed by atoms with Crippen LogP contribution in [0.25, 0.3) is 0 Å². The van der Waals surface area contributed by atoms with Crippen LogP contribution in [0.2, 0.25) is 0 Å². The van der Waals surface area contributed by atoms with Crippen LogP contribution in [-0.2, 0) is 11.3 Å². The summed E-state index contributed by atoms with van der Waals surface area (Å²) in [5.74, 6) is -0.00591. The highest BCUT2D eigenvalue weighted by molar-refractivity contribution is 5.93. The van der Waals surface area contributed by atoms with Gasteiger partial charge in [-0.2, -0.15) is 5.10 Å². The van der Waals surface area contributed by atoms with Gasteiger partial charge in [0.15, 0.2) is 0 Å². The number of rotatable bonds is 4. The van der Waals surface area contributed by atoms with Crippen molar-refractivity contribution < 1.29 is 13.9 Å². The molecule has 0 radical (unpaired) electrons. The van der Waals surface area contributed by atoms with E-state index < -0.39 is 0 Å². The molecule has 0 N–H and O–H groups in total. The van der Waals surface area contributed by atoms with Crippen molar-refractivity contribution in [3.05, 3.63) is 42.1 Å². The van der Waals surface area contributed by atoms with E-state index >= 15 is 0 Å². The molecule has 106 valence electrons. The normalized spacial score (nSPS) is 18.1. The molecule has 0 fully saturated rings. The molecule has 6 nitrogen and oxygen atoms in total. The van der Waals surface area contributed by atoms with E-state index in [-0.39, 0.29) is 11.9 Å². The van der Waals surface area contributed by atoms with Crippen molar-refractivity contribution in [2.24, 2.45) is 0 Å². The summed E-state index contributed by atoms with van der Waals surface area (Å²) in [5.41, 5.74) is 1.64. The maximum absolute atomic E-state index is 12.4. The van der Waals surface area contributed by atoms with E-state index in [1.54, 1.807) is 19.4 Å². The van der Waals surface area contributed by atoms with E-state index in [1.165, 1.54) is 12.5 Å². The lowest BCUT2D eigenvalue weighted by Crippen LogP contribution is -2.41. The summed E-state index contributed by atoms with van der Waals surface area (Å²) in [6.07, 6.45) is 5.61. The Kier molecular flexibility index (Phi) is 3.56. The van der Waals surface area contributed by atoms with Crippen molar-refractivity contribution in [3.63, 3.8) is 0 Å². The van der Waals surface area contributed by atoms with Gasteiger partial charge in [0.05, 0.1) is 30.1 Å². The highest BCUT2D eigenvalue weighted by atomic mass is 16.5. The average molecular weight is 275 g/mol. The molecule has 0 aliphatic carbocycles. The molecule has 3 heterocycles. The first kappa shape index (κ1) is 12.9. The summed E-state index contributed by atoms with van der Waals surface area (Å²) in [5, 5.41) is 4.35. The van der Waals surface area contributed by atoms with Crippen molar-refractivity contribution in [1.29, 1.82) is 0 Å². The highest BCUT2D eigenvalue weighted by Gasteiger charge is 2.29. The summed E-state index contributed by atoms with van der Waals surface area (Å²) in [7, 11) is 1.68. The molecule has 6 heteroatoms. The summed E-state index contributed by atoms with van der Waals surface area (Å²) in [6.45, 7) is 1.87. The van der Waals surface area contributed by atoms with Crippen molar-refractivity contribution in [2.45, 2.75) is 19.0 Å². The maximum Gasteiger partial charge on any atom is 0.257 e. The minimum atomic E-state index is -0.00591. The zero-order valence-electron chi connectivity index (χ0n) is 11.4. The fourth-order valence-electron chi connectivity index (χ4n) is 2.58. The van der Waals surface area contributed by atoms with Crippen LogP contribution in [0.1, 0.15) is 28.5 Å². The van der Waals surface area contributed by atoms with Gasteiger partial charge < -0.3 is 14.1 Å². The van der Waals surface area contributed by atoms with Crippen LogP contribution in [-0.4, -0.2) is 40.8 Å². The van der Waals surface area contributed by atoms with Gasteiger partial charge >= 0.3 is 0 Å². The summed E-state index contributed by atoms with van der Waals surface area (Å²) < 4.78 is 12.1. The van der Waals surface area contributed by atoms with Crippen LogP contribution in [0, 0.1) is 0 Å². The first-order valence-corrected chi connectivity index (χ1v) is 6.62. The van der Waals surface area contributed by atoms with Crippen molar-refractivity contribution in [3.8, 4) is 0 Å². The minimum absolute atomic E-state index is 0.00591. The van der Waals surface area contributed by atoms with Crippen molar-refractivity contribution in [1.82, 2.24) is 14.7 Å². The molecule has 1 aliphatic heterocycles. The number of hydrogen-bond acceptors (Lipinski definition) is 4. The molecule has 3 rings (SSSR count). The monoisotopic (exact) mass is 275 g/mol. The Balaban J connectivity index is 1.80. The van der Waals surface area contributed by atoms with Gasteiger partial charge in [-0.1, -0.05) is 0 Å². The number of furan rings is 1. The molecule has 1 unspecified atom stereocenters. The third-order valence-electron chi connectivity index (χ3n) is 3.59. The SMILES string of the molecule is COCCC1CN(C(=O)c2ccoc2)Cc2ccnn21. The number of carbonyl (C=O) groups is 1. The largest absolute Gasteiger partial charge is 0.472 e. The Morgan fingerprint density at radius 2 is 2.45 bits per heavy atom. The predicted octanol–water partition coefficient (Wildman–Crippen LogP) is 1.71. The number of carbonyl (C=O) groups excluding carboxylic acids is 1. The lowest BCUT2D eigenvalue weighted by atomic mass is 10.1. The van der Waals surface area contributed by atoms with Crippen LogP contribution in [0.4, 0.5) is 0 Å². The van der Waals surface area contributed by atoms with Crippen LogP contribution in [0.15, 0.2) is 35.3 Å². The Hall–Kier alpha value is -2.08. The Morgan fingerprint density at radius 1 is 1.55 bits per heavy atom. The molecule has 1 atom stereocenters. The number of aromatic nitrogens is 2. The maximum atomic E-state index is 12.4. The van der Waals surface area contributed by atoms with Crippen LogP contribution < -0.4 is 0 Å². The fourth-order valence-corrected chi connectivity index (χ4v) is 2.58. The Bertz CT molecular complexity index is 576. The topological polar surface area (TPSA) is 60.5 Å². The number of ether oxygens (including phenoxy) is 1. The van der Waals surface area contributed by atoms with E-state index in [0.717, 1.165) is 12.1 Å². The van der Waals surface area contributed by atoms with E-state index in [2.05, 4.69) is 5.10 Å². The number of methoxy groups -OCH3 is 1. The van der Waals surface area contributed by atoms with Gasteiger partial charge in [0.1, 0.15) is 6.26 Å². The van der Waals surface area contributed by atoms with E-state index in [9.17, 15) is 4.79 Å². The second-order valence-electron chi connectivity index (χ2n) is 4.90. The molecule has 2 aromatic rings. The number of nitrogens with zero attached hydrogens (tertiary/aromatic N) is 3. The van der Waals surface area contributed by atoms with E-state index in [4.69, 9.17) is 9.15 Å². The Labute approximate surface area is 116 Å². The van der Waals surface area contributed by atoms with Crippen LogP contribution in [0.3, 0.4) is 0 Å². The first-order chi connectivity index (χ1) is 9.79. The number of hydrogen-bond donors (Lipinski definition) is 0. The summed E-state index contributed by atoms with van der Waals surface area (Å²) in [4.78, 5) is 14.3. The molecule has 0 saturated heterocycles. The second-order valence-corrected chi connectivity index (χ2v) is 4.90. The van der Waals surface area contributed by atoms with Gasteiger partial charge in [0.2, 0.25) is 0 Å². The first-order valence-electron chi connectivity index (χ1n) is 6.62. The van der Waals surface area contributed by atoms with E-state index in [1.807, 2.05) is 15.6 Å². The molecule has 0 saturated carbocycles. The van der Waals surface area contributed by atoms with Gasteiger partial charge in [-0.15, -0.1) is 0 Å². The molecule has 0 bridgehead atoms. The lowest BCUT2D eigenvalue weighted by molar-refractivity contribution is 0.0640. The second kappa shape index (κ2) is 5.50. The summed E-state index contributed by atoms with van der Waals surface area (Å²) >= 11 is 0. The van der Waals surface area contributed by atoms with Gasteiger partial charge in [0.25, 0.3) is 5.91 Å². The van der Waals surface area contributed by atoms with Gasteiger partial charge in [0, 0.05) is 26.5 Å². The molecular formula is C14H17N3O3. The number of fused-ring (bicyclic) bond motifs is 1. The minimum Gasteiger partial charge on any atom is -0.472 e. The molecule has 20 heavy (non-hydrogen) atoms. The molecule has 0 aromatic carbocycles. The average Bonchev–Trinajstić information content (AvgIpc) is 3.14. The molecule has 0 spiro atoms. The summed E-state index contributed by atoms with van der Waals surface area (Å²) in [6, 6.07) is 3.80. The third kappa shape index (κ3) is 2.34. The molecule has 2 aromatic heterocycles. The van der Waals surface area contributed by atoms with Gasteiger partial charge in [-0.05, 0) is 18.6 Å². The van der Waals surface area contributed by atoms with Crippen molar-refractivity contribution in [2.75, 3.05) is 20.3 Å². The number of amides is 1. The standard InChI is InChI=1S/C14H17N3O3/c1-19-6-4-13-9-16(8-12-2-5-15-17(12)13)14(18)11-3-7-20-10-11/h2-3,5,7,10,13H,4,6,8-9H2,1H3. The van der Waals surface area contributed by atoms with Crippen LogP contribution >= 0.6 is 0 Å². The van der Waals surface area contributed by atoms with E-state index in [0.29, 0.717) is 25.3 Å². The van der Waals surface area contributed by atoms with Gasteiger partial charge in [-0.3, -0.25) is 9.48 Å². The molecular weight excluding hydrogens is 258 g/mol. The van der Waals surface area contributed by atoms with Gasteiger partial charge in [-0.25, -0.2) is 0 Å². The smallest absolute Gasteiger partial charge is 0.257 e. The highest BCUT2D eigenvalue weighted by Crippen LogP contribution is 2.24. The Morgan fingerprint density at radius 3 is 3.20 bits per heavy atom.